The van der Waals surface area contributed by atoms with Gasteiger partial charge in [-0.05, 0) is 25.1 Å². The average Bonchev–Trinajstić information content (AvgIpc) is 2.49. The summed E-state index contributed by atoms with van der Waals surface area (Å²) in [7, 11) is 2.21. The van der Waals surface area contributed by atoms with Crippen LogP contribution in [0.5, 0.6) is 0 Å². The standard InChI is InChI=1S/C15H23N3.C2H6/c1-16-11-14(12-16)13-17-7-9-18(10-8-17)15-5-3-2-4-6-15;1-2/h2-6,14H,7-13H2,1H3;1-2H3. The van der Waals surface area contributed by atoms with Crippen molar-refractivity contribution < 1.29 is 0 Å². The number of benzene rings is 1. The number of piperazine rings is 1. The molecule has 0 radical (unpaired) electrons. The molecule has 0 spiro atoms. The Morgan fingerprint density at radius 1 is 0.950 bits per heavy atom. The third-order valence-electron chi connectivity index (χ3n) is 4.15. The average molecular weight is 275 g/mol. The molecule has 0 bridgehead atoms. The van der Waals surface area contributed by atoms with E-state index in [9.17, 15) is 0 Å². The lowest BCUT2D eigenvalue weighted by Gasteiger charge is -2.42. The molecule has 0 aliphatic carbocycles. The Labute approximate surface area is 124 Å². The van der Waals surface area contributed by atoms with Crippen LogP contribution in [0.3, 0.4) is 0 Å². The monoisotopic (exact) mass is 275 g/mol. The van der Waals surface area contributed by atoms with Gasteiger partial charge >= 0.3 is 0 Å². The van der Waals surface area contributed by atoms with Crippen LogP contribution in [0.1, 0.15) is 13.8 Å². The van der Waals surface area contributed by atoms with Crippen molar-refractivity contribution in [3.8, 4) is 0 Å². The molecule has 112 valence electrons. The molecule has 0 saturated carbocycles. The van der Waals surface area contributed by atoms with Crippen molar-refractivity contribution in [2.75, 3.05) is 57.8 Å². The summed E-state index contributed by atoms with van der Waals surface area (Å²) in [6, 6.07) is 10.8. The van der Waals surface area contributed by atoms with Crippen molar-refractivity contribution in [1.29, 1.82) is 0 Å². The maximum Gasteiger partial charge on any atom is 0.0367 e. The van der Waals surface area contributed by atoms with E-state index in [1.807, 2.05) is 13.8 Å². The molecule has 2 saturated heterocycles. The Morgan fingerprint density at radius 2 is 1.55 bits per heavy atom. The second-order valence-corrected chi connectivity index (χ2v) is 5.71. The Kier molecular flexibility index (Phi) is 5.86. The van der Waals surface area contributed by atoms with Crippen molar-refractivity contribution in [2.45, 2.75) is 13.8 Å². The van der Waals surface area contributed by atoms with Crippen LogP contribution in [-0.2, 0) is 0 Å². The number of para-hydroxylation sites is 1. The van der Waals surface area contributed by atoms with Gasteiger partial charge in [0.1, 0.15) is 0 Å². The molecule has 1 aromatic rings. The number of rotatable bonds is 3. The Morgan fingerprint density at radius 3 is 2.10 bits per heavy atom. The normalized spacial score (nSPS) is 21.1. The first-order chi connectivity index (χ1) is 9.81. The second-order valence-electron chi connectivity index (χ2n) is 5.71. The third-order valence-corrected chi connectivity index (χ3v) is 4.15. The predicted octanol–water partition coefficient (Wildman–Crippen LogP) is 2.40. The van der Waals surface area contributed by atoms with E-state index in [2.05, 4.69) is 52.1 Å². The molecule has 0 N–H and O–H groups in total. The molecule has 2 heterocycles. The molecule has 3 heteroatoms. The Balaban J connectivity index is 0.000000704. The molecule has 1 aromatic carbocycles. The summed E-state index contributed by atoms with van der Waals surface area (Å²) < 4.78 is 0. The largest absolute Gasteiger partial charge is 0.369 e. The lowest BCUT2D eigenvalue weighted by molar-refractivity contribution is 0.0883. The molecule has 0 amide bonds. The highest BCUT2D eigenvalue weighted by molar-refractivity contribution is 5.46. The van der Waals surface area contributed by atoms with Gasteiger partial charge in [-0.3, -0.25) is 4.90 Å². The number of hydrogen-bond acceptors (Lipinski definition) is 3. The first kappa shape index (κ1) is 15.3. The summed E-state index contributed by atoms with van der Waals surface area (Å²) in [5.74, 6) is 0.915. The van der Waals surface area contributed by atoms with Crippen molar-refractivity contribution >= 4 is 5.69 Å². The molecular weight excluding hydrogens is 246 g/mol. The zero-order valence-corrected chi connectivity index (χ0v) is 13.3. The molecule has 3 nitrogen and oxygen atoms in total. The molecule has 0 atom stereocenters. The Bertz CT molecular complexity index is 365. The van der Waals surface area contributed by atoms with Gasteiger partial charge in [0.05, 0.1) is 0 Å². The van der Waals surface area contributed by atoms with Gasteiger partial charge in [-0.2, -0.15) is 0 Å². The number of hydrogen-bond donors (Lipinski definition) is 0. The summed E-state index contributed by atoms with van der Waals surface area (Å²) in [5.41, 5.74) is 1.38. The summed E-state index contributed by atoms with van der Waals surface area (Å²) in [5, 5.41) is 0. The highest BCUT2D eigenvalue weighted by Gasteiger charge is 2.26. The molecule has 2 aliphatic rings. The van der Waals surface area contributed by atoms with E-state index >= 15 is 0 Å². The summed E-state index contributed by atoms with van der Waals surface area (Å²) in [6.45, 7) is 12.7. The molecule has 2 fully saturated rings. The number of nitrogens with zero attached hydrogens (tertiary/aromatic N) is 3. The van der Waals surface area contributed by atoms with Gasteiger partial charge in [0.2, 0.25) is 0 Å². The van der Waals surface area contributed by atoms with Gasteiger partial charge in [0, 0.05) is 51.5 Å². The van der Waals surface area contributed by atoms with Crippen LogP contribution in [0.25, 0.3) is 0 Å². The van der Waals surface area contributed by atoms with Gasteiger partial charge in [0.25, 0.3) is 0 Å². The minimum atomic E-state index is 0.915. The van der Waals surface area contributed by atoms with E-state index in [1.54, 1.807) is 0 Å². The summed E-state index contributed by atoms with van der Waals surface area (Å²) in [6.07, 6.45) is 0. The second kappa shape index (κ2) is 7.65. The number of anilines is 1. The first-order valence-electron chi connectivity index (χ1n) is 8.02. The summed E-state index contributed by atoms with van der Waals surface area (Å²) >= 11 is 0. The van der Waals surface area contributed by atoms with Crippen molar-refractivity contribution in [2.24, 2.45) is 5.92 Å². The smallest absolute Gasteiger partial charge is 0.0367 e. The van der Waals surface area contributed by atoms with Crippen LogP contribution < -0.4 is 4.90 Å². The van der Waals surface area contributed by atoms with Gasteiger partial charge in [-0.15, -0.1) is 0 Å². The fraction of sp³-hybridized carbons (Fsp3) is 0.647. The predicted molar refractivity (Wildman–Crippen MR) is 87.4 cm³/mol. The van der Waals surface area contributed by atoms with Crippen LogP contribution in [0, 0.1) is 5.92 Å². The van der Waals surface area contributed by atoms with E-state index < -0.39 is 0 Å². The highest BCUT2D eigenvalue weighted by Crippen LogP contribution is 2.18. The quantitative estimate of drug-likeness (QED) is 0.839. The van der Waals surface area contributed by atoms with E-state index in [-0.39, 0.29) is 0 Å². The van der Waals surface area contributed by atoms with Crippen LogP contribution >= 0.6 is 0 Å². The third kappa shape index (κ3) is 3.97. The zero-order chi connectivity index (χ0) is 14.4. The lowest BCUT2D eigenvalue weighted by Crippen LogP contribution is -2.53. The van der Waals surface area contributed by atoms with Crippen molar-refractivity contribution in [3.63, 3.8) is 0 Å². The maximum atomic E-state index is 2.64. The van der Waals surface area contributed by atoms with Crippen LogP contribution in [-0.4, -0.2) is 62.7 Å². The molecule has 20 heavy (non-hydrogen) atoms. The van der Waals surface area contributed by atoms with Gasteiger partial charge < -0.3 is 9.80 Å². The van der Waals surface area contributed by atoms with Gasteiger partial charge in [-0.25, -0.2) is 0 Å². The fourth-order valence-corrected chi connectivity index (χ4v) is 3.14. The maximum absolute atomic E-state index is 2.64. The van der Waals surface area contributed by atoms with Crippen molar-refractivity contribution in [1.82, 2.24) is 9.80 Å². The summed E-state index contributed by atoms with van der Waals surface area (Å²) in [4.78, 5) is 7.55. The van der Waals surface area contributed by atoms with Crippen LogP contribution in [0.4, 0.5) is 5.69 Å². The minimum Gasteiger partial charge on any atom is -0.369 e. The Hall–Kier alpha value is -1.06. The zero-order valence-electron chi connectivity index (χ0n) is 13.3. The lowest BCUT2D eigenvalue weighted by atomic mass is 10.0. The van der Waals surface area contributed by atoms with E-state index in [4.69, 9.17) is 0 Å². The molecule has 3 rings (SSSR count). The fourth-order valence-electron chi connectivity index (χ4n) is 3.14. The molecular formula is C17H29N3. The van der Waals surface area contributed by atoms with Crippen molar-refractivity contribution in [3.05, 3.63) is 30.3 Å². The minimum absolute atomic E-state index is 0.915. The van der Waals surface area contributed by atoms with Gasteiger partial charge in [-0.1, -0.05) is 32.0 Å². The first-order valence-corrected chi connectivity index (χ1v) is 8.02. The van der Waals surface area contributed by atoms with Crippen LogP contribution in [0.2, 0.25) is 0 Å². The van der Waals surface area contributed by atoms with Gasteiger partial charge in [0.15, 0.2) is 0 Å². The molecule has 2 aliphatic heterocycles. The highest BCUT2D eigenvalue weighted by atomic mass is 15.3. The number of likely N-dealkylation sites (tertiary alicyclic amines) is 1. The topological polar surface area (TPSA) is 9.72 Å². The SMILES string of the molecule is CC.CN1CC(CN2CCN(c3ccccc3)CC2)C1. The van der Waals surface area contributed by atoms with E-state index in [1.165, 1.54) is 51.5 Å². The molecule has 0 aromatic heterocycles. The van der Waals surface area contributed by atoms with E-state index in [0.29, 0.717) is 0 Å². The van der Waals surface area contributed by atoms with Crippen LogP contribution in [0.15, 0.2) is 30.3 Å². The molecule has 0 unspecified atom stereocenters. The van der Waals surface area contributed by atoms with E-state index in [0.717, 1.165) is 5.92 Å².